The fourth-order valence-corrected chi connectivity index (χ4v) is 3.57. The van der Waals surface area contributed by atoms with Crippen molar-refractivity contribution in [3.8, 4) is 5.75 Å². The summed E-state index contributed by atoms with van der Waals surface area (Å²) in [5, 5.41) is 12.8. The van der Waals surface area contributed by atoms with Gasteiger partial charge >= 0.3 is 5.97 Å². The number of fused-ring (bicyclic) bond motifs is 1. The molecule has 0 spiro atoms. The minimum absolute atomic E-state index is 0.310. The number of aromatic carboxylic acids is 1. The number of nitrogens with zero attached hydrogens (tertiary/aromatic N) is 1. The minimum Gasteiger partial charge on any atom is -0.497 e. The summed E-state index contributed by atoms with van der Waals surface area (Å²) in [7, 11) is 1.60. The van der Waals surface area contributed by atoms with Crippen molar-refractivity contribution in [1.29, 1.82) is 0 Å². The Bertz CT molecular complexity index is 532. The third-order valence-electron chi connectivity index (χ3n) is 4.65. The Labute approximate surface area is 124 Å². The molecule has 1 aromatic carbocycles. The second-order valence-electron chi connectivity index (χ2n) is 5.86. The number of carboxylic acid groups (broad SMARTS) is 1. The van der Waals surface area contributed by atoms with Crippen LogP contribution < -0.4 is 10.1 Å². The van der Waals surface area contributed by atoms with Gasteiger partial charge in [-0.25, -0.2) is 4.79 Å². The molecule has 2 fully saturated rings. The second-order valence-corrected chi connectivity index (χ2v) is 5.86. The Kier molecular flexibility index (Phi) is 4.01. The lowest BCUT2D eigenvalue weighted by atomic mass is 9.98. The molecule has 0 aliphatic carbocycles. The number of hydrogen-bond acceptors (Lipinski definition) is 4. The van der Waals surface area contributed by atoms with E-state index in [0.717, 1.165) is 13.0 Å². The molecule has 1 aromatic rings. The van der Waals surface area contributed by atoms with Crippen LogP contribution in [0.2, 0.25) is 0 Å². The molecule has 5 nitrogen and oxygen atoms in total. The van der Waals surface area contributed by atoms with Gasteiger partial charge in [0.2, 0.25) is 0 Å². The van der Waals surface area contributed by atoms with E-state index in [2.05, 4.69) is 10.2 Å². The van der Waals surface area contributed by atoms with Crippen molar-refractivity contribution in [1.82, 2.24) is 4.90 Å². The number of carboxylic acids is 1. The maximum Gasteiger partial charge on any atom is 0.337 e. The first-order valence-electron chi connectivity index (χ1n) is 7.61. The van der Waals surface area contributed by atoms with Gasteiger partial charge in [-0.3, -0.25) is 4.90 Å². The van der Waals surface area contributed by atoms with Crippen LogP contribution in [0.5, 0.6) is 5.75 Å². The van der Waals surface area contributed by atoms with Crippen molar-refractivity contribution < 1.29 is 14.6 Å². The number of methoxy groups -OCH3 is 1. The minimum atomic E-state index is -0.904. The van der Waals surface area contributed by atoms with Crippen LogP contribution in [-0.2, 0) is 0 Å². The summed E-state index contributed by atoms with van der Waals surface area (Å²) >= 11 is 0. The highest BCUT2D eigenvalue weighted by Gasteiger charge is 2.35. The molecule has 2 aliphatic heterocycles. The van der Waals surface area contributed by atoms with Gasteiger partial charge in [0.1, 0.15) is 5.75 Å². The maximum atomic E-state index is 11.4. The zero-order chi connectivity index (χ0) is 14.8. The number of nitrogens with one attached hydrogen (secondary N) is 1. The Hall–Kier alpha value is -1.75. The quantitative estimate of drug-likeness (QED) is 0.892. The molecule has 3 rings (SSSR count). The lowest BCUT2D eigenvalue weighted by molar-refractivity contribution is 0.0698. The number of hydrogen-bond donors (Lipinski definition) is 2. The van der Waals surface area contributed by atoms with E-state index >= 15 is 0 Å². The molecule has 2 unspecified atom stereocenters. The molecule has 2 heterocycles. The van der Waals surface area contributed by atoms with E-state index in [1.807, 2.05) is 0 Å². The van der Waals surface area contributed by atoms with Crippen molar-refractivity contribution in [3.05, 3.63) is 23.8 Å². The van der Waals surface area contributed by atoms with Crippen LogP contribution in [0.15, 0.2) is 18.2 Å². The molecule has 0 radical (unpaired) electrons. The van der Waals surface area contributed by atoms with Crippen molar-refractivity contribution in [2.24, 2.45) is 0 Å². The number of ether oxygens (including phenoxy) is 1. The third kappa shape index (κ3) is 2.83. The molecular weight excluding hydrogens is 268 g/mol. The van der Waals surface area contributed by atoms with Crippen molar-refractivity contribution in [3.63, 3.8) is 0 Å². The van der Waals surface area contributed by atoms with E-state index in [1.165, 1.54) is 25.8 Å². The van der Waals surface area contributed by atoms with E-state index in [1.54, 1.807) is 25.3 Å². The molecule has 2 atom stereocenters. The summed E-state index contributed by atoms with van der Waals surface area (Å²) in [5.41, 5.74) is 0.976. The zero-order valence-corrected chi connectivity index (χ0v) is 12.3. The first-order valence-corrected chi connectivity index (χ1v) is 7.61. The van der Waals surface area contributed by atoms with Gasteiger partial charge in [-0.15, -0.1) is 0 Å². The molecule has 2 saturated heterocycles. The highest BCUT2D eigenvalue weighted by molar-refractivity contribution is 5.94. The second kappa shape index (κ2) is 5.93. The number of carbonyl (C=O) groups is 1. The average Bonchev–Trinajstić information content (AvgIpc) is 2.90. The van der Waals surface area contributed by atoms with E-state index in [0.29, 0.717) is 29.1 Å². The van der Waals surface area contributed by atoms with E-state index < -0.39 is 5.97 Å². The molecule has 21 heavy (non-hydrogen) atoms. The van der Waals surface area contributed by atoms with Gasteiger partial charge in [0.25, 0.3) is 0 Å². The highest BCUT2D eigenvalue weighted by atomic mass is 16.5. The normalized spacial score (nSPS) is 25.4. The molecule has 0 saturated carbocycles. The van der Waals surface area contributed by atoms with Crippen LogP contribution >= 0.6 is 0 Å². The number of anilines is 1. The van der Waals surface area contributed by atoms with E-state index in [4.69, 9.17) is 4.74 Å². The summed E-state index contributed by atoms with van der Waals surface area (Å²) in [6.45, 7) is 2.28. The summed E-state index contributed by atoms with van der Waals surface area (Å²) < 4.78 is 5.22. The fraction of sp³-hybridized carbons (Fsp3) is 0.562. The van der Waals surface area contributed by atoms with Crippen LogP contribution in [0.4, 0.5) is 5.69 Å². The molecule has 5 heteroatoms. The fourth-order valence-electron chi connectivity index (χ4n) is 3.57. The molecule has 0 aromatic heterocycles. The highest BCUT2D eigenvalue weighted by Crippen LogP contribution is 2.31. The molecular formula is C16H22N2O3. The van der Waals surface area contributed by atoms with Gasteiger partial charge < -0.3 is 15.2 Å². The monoisotopic (exact) mass is 290 g/mol. The van der Waals surface area contributed by atoms with Gasteiger partial charge in [0, 0.05) is 24.7 Å². The van der Waals surface area contributed by atoms with Gasteiger partial charge in [0.15, 0.2) is 0 Å². The molecule has 0 amide bonds. The Morgan fingerprint density at radius 3 is 2.95 bits per heavy atom. The first-order chi connectivity index (χ1) is 10.2. The molecule has 2 N–H and O–H groups in total. The predicted molar refractivity (Wildman–Crippen MR) is 81.2 cm³/mol. The third-order valence-corrected chi connectivity index (χ3v) is 4.65. The van der Waals surface area contributed by atoms with Crippen LogP contribution in [0.25, 0.3) is 0 Å². The number of benzene rings is 1. The average molecular weight is 290 g/mol. The van der Waals surface area contributed by atoms with Crippen LogP contribution in [-0.4, -0.2) is 48.3 Å². The van der Waals surface area contributed by atoms with Gasteiger partial charge in [0.05, 0.1) is 18.4 Å². The lowest BCUT2D eigenvalue weighted by Gasteiger charge is -2.33. The summed E-state index contributed by atoms with van der Waals surface area (Å²) in [6.07, 6.45) is 4.82. The lowest BCUT2D eigenvalue weighted by Crippen LogP contribution is -2.41. The molecule has 0 bridgehead atoms. The number of piperidine rings is 1. The van der Waals surface area contributed by atoms with E-state index in [9.17, 15) is 9.90 Å². The zero-order valence-electron chi connectivity index (χ0n) is 12.3. The maximum absolute atomic E-state index is 11.4. The molecule has 114 valence electrons. The summed E-state index contributed by atoms with van der Waals surface area (Å²) in [4.78, 5) is 13.9. The largest absolute Gasteiger partial charge is 0.497 e. The van der Waals surface area contributed by atoms with Crippen molar-refractivity contribution in [2.75, 3.05) is 25.5 Å². The topological polar surface area (TPSA) is 61.8 Å². The van der Waals surface area contributed by atoms with Crippen LogP contribution in [0, 0.1) is 0 Å². The Balaban J connectivity index is 1.81. The smallest absolute Gasteiger partial charge is 0.337 e. The Morgan fingerprint density at radius 2 is 2.19 bits per heavy atom. The first kappa shape index (κ1) is 14.2. The Morgan fingerprint density at radius 1 is 1.33 bits per heavy atom. The van der Waals surface area contributed by atoms with Gasteiger partial charge in [-0.1, -0.05) is 6.42 Å². The van der Waals surface area contributed by atoms with E-state index in [-0.39, 0.29) is 0 Å². The van der Waals surface area contributed by atoms with Crippen molar-refractivity contribution in [2.45, 2.75) is 37.8 Å². The van der Waals surface area contributed by atoms with Crippen LogP contribution in [0.3, 0.4) is 0 Å². The molecule has 2 aliphatic rings. The van der Waals surface area contributed by atoms with Crippen molar-refractivity contribution >= 4 is 11.7 Å². The SMILES string of the molecule is COc1ccc(C(=O)O)c(NC2CCN3CCCCC23)c1. The predicted octanol–water partition coefficient (Wildman–Crippen LogP) is 2.43. The van der Waals surface area contributed by atoms with Crippen LogP contribution in [0.1, 0.15) is 36.0 Å². The van der Waals surface area contributed by atoms with Gasteiger partial charge in [-0.05, 0) is 37.9 Å². The van der Waals surface area contributed by atoms with Gasteiger partial charge in [-0.2, -0.15) is 0 Å². The summed E-state index contributed by atoms with van der Waals surface area (Å²) in [6, 6.07) is 5.95. The summed E-state index contributed by atoms with van der Waals surface area (Å²) in [5.74, 6) is -0.223. The standard InChI is InChI=1S/C16H22N2O3/c1-21-11-5-6-12(16(19)20)14(10-11)17-13-7-9-18-8-3-2-4-15(13)18/h5-6,10,13,15,17H,2-4,7-9H2,1H3,(H,19,20). The number of rotatable bonds is 4.